The summed E-state index contributed by atoms with van der Waals surface area (Å²) in [7, 11) is 9.38. The van der Waals surface area contributed by atoms with Gasteiger partial charge in [0.1, 0.15) is 17.7 Å². The first kappa shape index (κ1) is 20.9. The van der Waals surface area contributed by atoms with Crippen molar-refractivity contribution in [3.8, 4) is 17.2 Å². The number of rotatable bonds is 4. The number of benzene rings is 1. The van der Waals surface area contributed by atoms with E-state index >= 15 is 0 Å². The van der Waals surface area contributed by atoms with E-state index in [0.29, 0.717) is 17.2 Å². The van der Waals surface area contributed by atoms with Gasteiger partial charge in [-0.3, -0.25) is 4.90 Å². The Morgan fingerprint density at radius 2 is 1.63 bits per heavy atom. The third kappa shape index (κ3) is 3.52. The number of piperidine rings is 1. The van der Waals surface area contributed by atoms with Crippen LogP contribution in [0.3, 0.4) is 0 Å². The molecule has 0 atom stereocenters. The molecule has 4 rings (SSSR count). The number of hydrogen-bond acceptors (Lipinski definition) is 8. The molecule has 164 valence electrons. The van der Waals surface area contributed by atoms with E-state index in [0.717, 1.165) is 55.9 Å². The third-order valence-electron chi connectivity index (χ3n) is 6.85. The average molecular weight is 416 g/mol. The van der Waals surface area contributed by atoms with Crippen molar-refractivity contribution >= 4 is 16.7 Å². The molecule has 2 aliphatic heterocycles. The van der Waals surface area contributed by atoms with Crippen LogP contribution in [-0.4, -0.2) is 93.5 Å². The van der Waals surface area contributed by atoms with Gasteiger partial charge in [-0.05, 0) is 52.5 Å². The van der Waals surface area contributed by atoms with Crippen LogP contribution < -0.4 is 19.1 Å². The second-order valence-electron chi connectivity index (χ2n) is 8.46. The van der Waals surface area contributed by atoms with Crippen molar-refractivity contribution in [2.24, 2.45) is 0 Å². The van der Waals surface area contributed by atoms with Crippen LogP contribution in [0.1, 0.15) is 19.3 Å². The van der Waals surface area contributed by atoms with Crippen LogP contribution in [0, 0.1) is 0 Å². The lowest BCUT2D eigenvalue weighted by Gasteiger charge is -2.47. The minimum Gasteiger partial charge on any atom is -0.493 e. The van der Waals surface area contributed by atoms with E-state index in [-0.39, 0.29) is 5.54 Å². The zero-order valence-electron chi connectivity index (χ0n) is 18.8. The van der Waals surface area contributed by atoms with Crippen LogP contribution in [-0.2, 0) is 0 Å². The molecule has 0 amide bonds. The molecule has 8 nitrogen and oxygen atoms in total. The summed E-state index contributed by atoms with van der Waals surface area (Å²) in [5, 5.41) is 0.930. The highest BCUT2D eigenvalue weighted by Crippen LogP contribution is 2.45. The molecule has 0 saturated carbocycles. The van der Waals surface area contributed by atoms with Gasteiger partial charge in [0.25, 0.3) is 0 Å². The maximum absolute atomic E-state index is 5.67. The van der Waals surface area contributed by atoms with Crippen LogP contribution in [0.25, 0.3) is 10.9 Å². The Morgan fingerprint density at radius 3 is 2.30 bits per heavy atom. The molecular weight excluding hydrogens is 382 g/mol. The van der Waals surface area contributed by atoms with Crippen LogP contribution >= 0.6 is 0 Å². The van der Waals surface area contributed by atoms with Crippen molar-refractivity contribution in [2.45, 2.75) is 24.8 Å². The number of likely N-dealkylation sites (N-methyl/N-ethyl adjacent to an activating group) is 1. The quantitative estimate of drug-likeness (QED) is 0.754. The lowest BCUT2D eigenvalue weighted by atomic mass is 9.85. The maximum Gasteiger partial charge on any atom is 0.205 e. The molecule has 0 bridgehead atoms. The summed E-state index contributed by atoms with van der Waals surface area (Å²) < 4.78 is 16.8. The molecule has 0 aliphatic carbocycles. The van der Waals surface area contributed by atoms with Gasteiger partial charge in [0.05, 0.1) is 26.7 Å². The monoisotopic (exact) mass is 415 g/mol. The van der Waals surface area contributed by atoms with E-state index in [9.17, 15) is 0 Å². The first-order valence-electron chi connectivity index (χ1n) is 10.6. The molecule has 0 unspecified atom stereocenters. The van der Waals surface area contributed by atoms with Crippen molar-refractivity contribution in [1.82, 2.24) is 19.8 Å². The summed E-state index contributed by atoms with van der Waals surface area (Å²) in [6, 6.07) is 1.97. The average Bonchev–Trinajstić information content (AvgIpc) is 2.93. The van der Waals surface area contributed by atoms with E-state index in [2.05, 4.69) is 33.8 Å². The van der Waals surface area contributed by atoms with E-state index in [1.54, 1.807) is 27.7 Å². The van der Waals surface area contributed by atoms with Gasteiger partial charge in [-0.1, -0.05) is 0 Å². The number of fused-ring (bicyclic) bond motifs is 1. The van der Waals surface area contributed by atoms with Crippen molar-refractivity contribution < 1.29 is 14.2 Å². The first-order chi connectivity index (χ1) is 14.5. The lowest BCUT2D eigenvalue weighted by Crippen LogP contribution is -2.57. The van der Waals surface area contributed by atoms with Crippen molar-refractivity contribution in [3.63, 3.8) is 0 Å². The number of anilines is 1. The first-order valence-corrected chi connectivity index (χ1v) is 10.6. The number of likely N-dealkylation sites (tertiary alicyclic amines) is 1. The van der Waals surface area contributed by atoms with Crippen LogP contribution in [0.4, 0.5) is 5.82 Å². The van der Waals surface area contributed by atoms with Gasteiger partial charge in [0.2, 0.25) is 5.75 Å². The zero-order valence-corrected chi connectivity index (χ0v) is 18.8. The standard InChI is InChI=1S/C22H33N5O3/c1-25-11-7-22(8-12-25)14-27(10-6-9-26(22)2)21-16-13-17(28-3)19(29-4)20(30-5)18(16)23-15-24-21/h13,15H,6-12,14H2,1-5H3. The van der Waals surface area contributed by atoms with E-state index < -0.39 is 0 Å². The molecule has 2 aliphatic rings. The molecule has 2 aromatic rings. The van der Waals surface area contributed by atoms with E-state index in [1.165, 1.54) is 12.8 Å². The predicted octanol–water partition coefficient (Wildman–Crippen LogP) is 2.26. The Hall–Kier alpha value is -2.32. The van der Waals surface area contributed by atoms with Crippen molar-refractivity contribution in [3.05, 3.63) is 12.4 Å². The van der Waals surface area contributed by atoms with Gasteiger partial charge in [0.15, 0.2) is 11.5 Å². The highest BCUT2D eigenvalue weighted by Gasteiger charge is 2.41. The largest absolute Gasteiger partial charge is 0.493 e. The highest BCUT2D eigenvalue weighted by atomic mass is 16.5. The van der Waals surface area contributed by atoms with Gasteiger partial charge >= 0.3 is 0 Å². The normalized spacial score (nSPS) is 20.4. The molecule has 0 radical (unpaired) electrons. The van der Waals surface area contributed by atoms with Crippen LogP contribution in [0.5, 0.6) is 17.2 Å². The molecule has 1 aromatic heterocycles. The zero-order chi connectivity index (χ0) is 21.3. The molecule has 3 heterocycles. The molecule has 2 fully saturated rings. The predicted molar refractivity (Wildman–Crippen MR) is 118 cm³/mol. The van der Waals surface area contributed by atoms with Crippen molar-refractivity contribution in [1.29, 1.82) is 0 Å². The number of ether oxygens (including phenoxy) is 3. The van der Waals surface area contributed by atoms with Crippen LogP contribution in [0.2, 0.25) is 0 Å². The Labute approximate surface area is 178 Å². The fourth-order valence-electron chi connectivity index (χ4n) is 4.95. The fraction of sp³-hybridized carbons (Fsp3) is 0.636. The Kier molecular flexibility index (Phi) is 5.88. The summed E-state index contributed by atoms with van der Waals surface area (Å²) in [6.45, 7) is 5.28. The van der Waals surface area contributed by atoms with Gasteiger partial charge in [-0.25, -0.2) is 9.97 Å². The minimum atomic E-state index is 0.168. The molecule has 30 heavy (non-hydrogen) atoms. The number of nitrogens with zero attached hydrogens (tertiary/aromatic N) is 5. The SMILES string of the molecule is COc1cc2c(N3CCCN(C)C4(CCN(C)CC4)C3)ncnc2c(OC)c1OC. The Morgan fingerprint density at radius 1 is 0.900 bits per heavy atom. The van der Waals surface area contributed by atoms with Gasteiger partial charge in [-0.15, -0.1) is 0 Å². The fourth-order valence-corrected chi connectivity index (χ4v) is 4.95. The molecule has 1 spiro atoms. The molecule has 1 aromatic carbocycles. The summed E-state index contributed by atoms with van der Waals surface area (Å²) >= 11 is 0. The number of aromatic nitrogens is 2. The Balaban J connectivity index is 1.80. The van der Waals surface area contributed by atoms with Crippen LogP contribution in [0.15, 0.2) is 12.4 Å². The van der Waals surface area contributed by atoms with E-state index in [4.69, 9.17) is 19.2 Å². The lowest BCUT2D eigenvalue weighted by molar-refractivity contribution is 0.0604. The third-order valence-corrected chi connectivity index (χ3v) is 6.85. The number of hydrogen-bond donors (Lipinski definition) is 0. The summed E-state index contributed by atoms with van der Waals surface area (Å²) in [4.78, 5) is 16.7. The summed E-state index contributed by atoms with van der Waals surface area (Å²) in [6.07, 6.45) is 5.06. The topological polar surface area (TPSA) is 63.2 Å². The van der Waals surface area contributed by atoms with Gasteiger partial charge in [-0.2, -0.15) is 0 Å². The second kappa shape index (κ2) is 8.43. The smallest absolute Gasteiger partial charge is 0.205 e. The molecule has 8 heteroatoms. The minimum absolute atomic E-state index is 0.168. The van der Waals surface area contributed by atoms with Gasteiger partial charge < -0.3 is 24.0 Å². The molecular formula is C22H33N5O3. The van der Waals surface area contributed by atoms with Crippen molar-refractivity contribution in [2.75, 3.05) is 73.0 Å². The summed E-state index contributed by atoms with van der Waals surface area (Å²) in [5.74, 6) is 2.70. The molecule has 2 saturated heterocycles. The van der Waals surface area contributed by atoms with E-state index in [1.807, 2.05) is 6.07 Å². The maximum atomic E-state index is 5.67. The Bertz CT molecular complexity index is 898. The number of methoxy groups -OCH3 is 3. The second-order valence-corrected chi connectivity index (χ2v) is 8.46. The summed E-state index contributed by atoms with van der Waals surface area (Å²) in [5.41, 5.74) is 0.913. The highest BCUT2D eigenvalue weighted by molar-refractivity contribution is 5.97. The molecule has 0 N–H and O–H groups in total. The van der Waals surface area contributed by atoms with Gasteiger partial charge in [0, 0.05) is 25.2 Å².